The van der Waals surface area contributed by atoms with Gasteiger partial charge in [0.2, 0.25) is 5.91 Å². The van der Waals surface area contributed by atoms with Crippen molar-refractivity contribution in [3.8, 4) is 5.75 Å². The summed E-state index contributed by atoms with van der Waals surface area (Å²) in [5.41, 5.74) is 9.80. The van der Waals surface area contributed by atoms with Crippen molar-refractivity contribution in [2.24, 2.45) is 5.73 Å². The molecule has 1 aromatic heterocycles. The van der Waals surface area contributed by atoms with Crippen molar-refractivity contribution < 1.29 is 13.9 Å². The third-order valence-electron chi connectivity index (χ3n) is 5.25. The number of amides is 1. The number of fused-ring (bicyclic) bond motifs is 1. The van der Waals surface area contributed by atoms with Crippen molar-refractivity contribution in [1.29, 1.82) is 0 Å². The molecule has 1 aliphatic heterocycles. The van der Waals surface area contributed by atoms with Crippen molar-refractivity contribution >= 4 is 16.9 Å². The van der Waals surface area contributed by atoms with E-state index >= 15 is 0 Å². The molecule has 1 aliphatic carbocycles. The van der Waals surface area contributed by atoms with Crippen LogP contribution in [0.25, 0.3) is 11.0 Å². The van der Waals surface area contributed by atoms with E-state index in [1.54, 1.807) is 6.26 Å². The molecular weight excluding hydrogens is 316 g/mol. The van der Waals surface area contributed by atoms with Crippen LogP contribution < -0.4 is 15.8 Å². The van der Waals surface area contributed by atoms with Gasteiger partial charge in [0.05, 0.1) is 12.2 Å². The number of allylic oxidation sites excluding steroid dienone is 2. The second kappa shape index (κ2) is 6.92. The van der Waals surface area contributed by atoms with Crippen LogP contribution in [0.4, 0.5) is 0 Å². The first-order valence-electron chi connectivity index (χ1n) is 9.12. The predicted octanol–water partition coefficient (Wildman–Crippen LogP) is 3.59. The number of carbonyl (C=O) groups excluding carboxylic acids is 1. The van der Waals surface area contributed by atoms with Crippen LogP contribution in [0.15, 0.2) is 40.1 Å². The lowest BCUT2D eigenvalue weighted by Gasteiger charge is -2.25. The number of hydrogen-bond donors (Lipinski definition) is 2. The van der Waals surface area contributed by atoms with E-state index in [9.17, 15) is 4.79 Å². The Hall–Kier alpha value is -2.27. The summed E-state index contributed by atoms with van der Waals surface area (Å²) in [5, 5.41) is 4.14. The number of rotatable bonds is 4. The van der Waals surface area contributed by atoms with Gasteiger partial charge in [-0.05, 0) is 50.7 Å². The molecule has 1 unspecified atom stereocenters. The van der Waals surface area contributed by atoms with Gasteiger partial charge >= 0.3 is 0 Å². The molecule has 0 bridgehead atoms. The number of piperidine rings is 1. The van der Waals surface area contributed by atoms with Gasteiger partial charge in [-0.1, -0.05) is 5.57 Å². The number of ether oxygens (including phenoxy) is 1. The standard InChI is InChI=1S/C20H24N2O3/c21-9-10-24-14-5-6-15-17(12-25-19(15)11-14)16-7-8-18(22-20(16)23)13-3-1-2-4-13/h5-6,11-12,16H,1-4,7-10,21H2,(H,22,23). The van der Waals surface area contributed by atoms with Crippen LogP contribution in [0.1, 0.15) is 50.0 Å². The van der Waals surface area contributed by atoms with E-state index < -0.39 is 0 Å². The minimum absolute atomic E-state index is 0.0896. The maximum atomic E-state index is 12.7. The average Bonchev–Trinajstić information content (AvgIpc) is 3.29. The van der Waals surface area contributed by atoms with Gasteiger partial charge in [0.25, 0.3) is 0 Å². The Bertz CT molecular complexity index is 813. The molecule has 25 heavy (non-hydrogen) atoms. The van der Waals surface area contributed by atoms with E-state index in [-0.39, 0.29) is 11.8 Å². The van der Waals surface area contributed by atoms with Crippen molar-refractivity contribution in [2.45, 2.75) is 44.4 Å². The third-order valence-corrected chi connectivity index (χ3v) is 5.25. The summed E-state index contributed by atoms with van der Waals surface area (Å²) in [6.07, 6.45) is 8.27. The minimum Gasteiger partial charge on any atom is -0.492 e. The van der Waals surface area contributed by atoms with E-state index in [1.807, 2.05) is 18.2 Å². The summed E-state index contributed by atoms with van der Waals surface area (Å²) in [4.78, 5) is 12.7. The van der Waals surface area contributed by atoms with E-state index in [4.69, 9.17) is 14.9 Å². The van der Waals surface area contributed by atoms with Gasteiger partial charge in [0.1, 0.15) is 17.9 Å². The molecule has 3 N–H and O–H groups in total. The van der Waals surface area contributed by atoms with Crippen LogP contribution >= 0.6 is 0 Å². The summed E-state index contributed by atoms with van der Waals surface area (Å²) in [5.74, 6) is 0.676. The van der Waals surface area contributed by atoms with E-state index in [0.29, 0.717) is 13.2 Å². The third kappa shape index (κ3) is 3.16. The van der Waals surface area contributed by atoms with Crippen LogP contribution in [0.3, 0.4) is 0 Å². The molecule has 2 aromatic rings. The second-order valence-electron chi connectivity index (χ2n) is 6.86. The molecule has 5 heteroatoms. The number of carbonyl (C=O) groups is 1. The van der Waals surface area contributed by atoms with Crippen LogP contribution in [-0.2, 0) is 4.79 Å². The molecule has 1 saturated heterocycles. The zero-order valence-corrected chi connectivity index (χ0v) is 14.3. The molecule has 2 aliphatic rings. The molecule has 4 rings (SSSR count). The molecule has 1 amide bonds. The highest BCUT2D eigenvalue weighted by Gasteiger charge is 2.30. The fraction of sp³-hybridized carbons (Fsp3) is 0.450. The summed E-state index contributed by atoms with van der Waals surface area (Å²) < 4.78 is 11.2. The number of benzene rings is 1. The number of nitrogens with two attached hydrogens (primary N) is 1. The molecule has 5 nitrogen and oxygen atoms in total. The highest BCUT2D eigenvalue weighted by atomic mass is 16.5. The Labute approximate surface area is 147 Å². The highest BCUT2D eigenvalue weighted by molar-refractivity contribution is 5.92. The average molecular weight is 340 g/mol. The van der Waals surface area contributed by atoms with Crippen molar-refractivity contribution in [1.82, 2.24) is 5.32 Å². The fourth-order valence-corrected chi connectivity index (χ4v) is 3.95. The van der Waals surface area contributed by atoms with Crippen molar-refractivity contribution in [2.75, 3.05) is 13.2 Å². The van der Waals surface area contributed by atoms with Gasteiger partial charge in [0.15, 0.2) is 0 Å². The SMILES string of the molecule is NCCOc1ccc2c(C3CCC(=C4CCCC4)NC3=O)coc2c1. The Balaban J connectivity index is 1.56. The van der Waals surface area contributed by atoms with Crippen molar-refractivity contribution in [3.63, 3.8) is 0 Å². The quantitative estimate of drug-likeness (QED) is 0.891. The van der Waals surface area contributed by atoms with Crippen LogP contribution in [0.5, 0.6) is 5.75 Å². The summed E-state index contributed by atoms with van der Waals surface area (Å²) in [6.45, 7) is 0.947. The van der Waals surface area contributed by atoms with Crippen LogP contribution in [-0.4, -0.2) is 19.1 Å². The number of hydrogen-bond acceptors (Lipinski definition) is 4. The highest BCUT2D eigenvalue weighted by Crippen LogP contribution is 2.37. The van der Waals surface area contributed by atoms with E-state index in [1.165, 1.54) is 24.1 Å². The molecule has 0 spiro atoms. The molecule has 0 radical (unpaired) electrons. The molecular formula is C20H24N2O3. The zero-order chi connectivity index (χ0) is 17.2. The first-order valence-corrected chi connectivity index (χ1v) is 9.12. The molecule has 132 valence electrons. The maximum Gasteiger partial charge on any atom is 0.231 e. The summed E-state index contributed by atoms with van der Waals surface area (Å²) in [7, 11) is 0. The summed E-state index contributed by atoms with van der Waals surface area (Å²) >= 11 is 0. The Morgan fingerprint density at radius 3 is 2.84 bits per heavy atom. The van der Waals surface area contributed by atoms with Gasteiger partial charge in [-0.2, -0.15) is 0 Å². The van der Waals surface area contributed by atoms with Gasteiger partial charge in [-0.3, -0.25) is 4.79 Å². The Morgan fingerprint density at radius 2 is 2.08 bits per heavy atom. The lowest BCUT2D eigenvalue weighted by Crippen LogP contribution is -2.34. The normalized spacial score (nSPS) is 21.0. The molecule has 1 saturated carbocycles. The first kappa shape index (κ1) is 16.2. The second-order valence-corrected chi connectivity index (χ2v) is 6.86. The first-order chi connectivity index (χ1) is 12.3. The Kier molecular flexibility index (Phi) is 4.49. The topological polar surface area (TPSA) is 77.5 Å². The van der Waals surface area contributed by atoms with Gasteiger partial charge in [-0.15, -0.1) is 0 Å². The molecule has 1 aromatic carbocycles. The van der Waals surface area contributed by atoms with Gasteiger partial charge in [-0.25, -0.2) is 0 Å². The Morgan fingerprint density at radius 1 is 1.24 bits per heavy atom. The maximum absolute atomic E-state index is 12.7. The van der Waals surface area contributed by atoms with Crippen LogP contribution in [0.2, 0.25) is 0 Å². The molecule has 2 heterocycles. The zero-order valence-electron chi connectivity index (χ0n) is 14.3. The van der Waals surface area contributed by atoms with E-state index in [0.717, 1.165) is 48.0 Å². The minimum atomic E-state index is -0.150. The largest absolute Gasteiger partial charge is 0.492 e. The number of nitrogens with one attached hydrogen (secondary N) is 1. The number of furan rings is 1. The smallest absolute Gasteiger partial charge is 0.231 e. The lowest BCUT2D eigenvalue weighted by atomic mass is 9.88. The molecule has 2 fully saturated rings. The molecule has 1 atom stereocenters. The summed E-state index contributed by atoms with van der Waals surface area (Å²) in [6, 6.07) is 5.74. The lowest BCUT2D eigenvalue weighted by molar-refractivity contribution is -0.122. The predicted molar refractivity (Wildman–Crippen MR) is 96.4 cm³/mol. The van der Waals surface area contributed by atoms with Gasteiger partial charge in [0, 0.05) is 29.3 Å². The fourth-order valence-electron chi connectivity index (χ4n) is 3.95. The monoisotopic (exact) mass is 340 g/mol. The van der Waals surface area contributed by atoms with Crippen molar-refractivity contribution in [3.05, 3.63) is 41.3 Å². The van der Waals surface area contributed by atoms with Gasteiger partial charge < -0.3 is 20.2 Å². The van der Waals surface area contributed by atoms with E-state index in [2.05, 4.69) is 5.32 Å². The van der Waals surface area contributed by atoms with Crippen LogP contribution in [0, 0.1) is 0 Å².